The molecule has 8 N–H and O–H groups in total. The van der Waals surface area contributed by atoms with Crippen molar-refractivity contribution in [1.82, 2.24) is 15.3 Å². The zero-order valence-electron chi connectivity index (χ0n) is 17.6. The molecule has 2 heterocycles. The van der Waals surface area contributed by atoms with E-state index in [9.17, 15) is 28.8 Å². The fraction of sp³-hybridized carbons (Fsp3) is 0.190. The average Bonchev–Trinajstić information content (AvgIpc) is 2.81. The predicted molar refractivity (Wildman–Crippen MR) is 120 cm³/mol. The zero-order valence-corrected chi connectivity index (χ0v) is 17.6. The molecule has 0 aliphatic carbocycles. The van der Waals surface area contributed by atoms with Crippen LogP contribution < -0.4 is 43.8 Å². The first-order valence-corrected chi connectivity index (χ1v) is 10.0. The molecule has 0 bridgehead atoms. The summed E-state index contributed by atoms with van der Waals surface area (Å²) in [6.07, 6.45) is 0.646. The first-order chi connectivity index (χ1) is 16.1. The van der Waals surface area contributed by atoms with Crippen molar-refractivity contribution >= 4 is 29.1 Å². The molecule has 0 fully saturated rings. The molecule has 0 unspecified atom stereocenters. The maximum absolute atomic E-state index is 12.5. The van der Waals surface area contributed by atoms with Crippen LogP contribution >= 0.6 is 0 Å². The summed E-state index contributed by atoms with van der Waals surface area (Å²) in [5.74, 6) is -3.71. The number of anilines is 2. The van der Waals surface area contributed by atoms with Gasteiger partial charge in [-0.3, -0.25) is 28.8 Å². The lowest BCUT2D eigenvalue weighted by Crippen LogP contribution is -2.44. The van der Waals surface area contributed by atoms with E-state index in [2.05, 4.69) is 15.3 Å². The summed E-state index contributed by atoms with van der Waals surface area (Å²) < 4.78 is 0. The van der Waals surface area contributed by atoms with Crippen molar-refractivity contribution in [3.8, 4) is 0 Å². The van der Waals surface area contributed by atoms with Crippen LogP contribution in [0, 0.1) is 0 Å². The van der Waals surface area contributed by atoms with E-state index in [1.54, 1.807) is 4.90 Å². The van der Waals surface area contributed by atoms with Gasteiger partial charge in [0.1, 0.15) is 22.6 Å². The second-order valence-electron chi connectivity index (χ2n) is 7.74. The number of nitrogens with zero attached hydrogens (tertiary/aromatic N) is 2. The van der Waals surface area contributed by atoms with E-state index >= 15 is 0 Å². The number of fused-ring (bicyclic) bond motifs is 1. The van der Waals surface area contributed by atoms with Gasteiger partial charge >= 0.3 is 0 Å². The molecule has 1 aliphatic rings. The summed E-state index contributed by atoms with van der Waals surface area (Å²) >= 11 is 0. The maximum Gasteiger partial charge on any atom is 0.287 e. The third-order valence-corrected chi connectivity index (χ3v) is 5.59. The van der Waals surface area contributed by atoms with Crippen molar-refractivity contribution in [2.24, 2.45) is 11.5 Å². The molecule has 13 heteroatoms. The van der Waals surface area contributed by atoms with Gasteiger partial charge in [-0.2, -0.15) is 0 Å². The summed E-state index contributed by atoms with van der Waals surface area (Å²) in [5, 5.41) is 2.56. The third-order valence-electron chi connectivity index (χ3n) is 5.59. The number of primary amides is 2. The van der Waals surface area contributed by atoms with Crippen molar-refractivity contribution in [3.63, 3.8) is 0 Å². The van der Waals surface area contributed by atoms with E-state index < -0.39 is 51.2 Å². The number of carbonyl (C=O) groups excluding carboxylic acids is 3. The number of aromatic amines is 1. The molecule has 0 spiro atoms. The van der Waals surface area contributed by atoms with Crippen LogP contribution in [0.25, 0.3) is 0 Å². The molecular formula is C21H19N7O6. The number of nitrogens with one attached hydrogen (secondary N) is 2. The first-order valence-electron chi connectivity index (χ1n) is 10.0. The normalized spacial score (nSPS) is 12.9. The van der Waals surface area contributed by atoms with Gasteiger partial charge in [0, 0.05) is 19.6 Å². The molecule has 1 aromatic heterocycles. The third kappa shape index (κ3) is 3.79. The lowest BCUT2D eigenvalue weighted by atomic mass is 9.96. The average molecular weight is 465 g/mol. The fourth-order valence-corrected chi connectivity index (χ4v) is 3.88. The lowest BCUT2D eigenvalue weighted by Gasteiger charge is -2.32. The monoisotopic (exact) mass is 465 g/mol. The molecule has 34 heavy (non-hydrogen) atoms. The highest BCUT2D eigenvalue weighted by molar-refractivity contribution is 6.05. The molecule has 3 amide bonds. The summed E-state index contributed by atoms with van der Waals surface area (Å²) in [6.45, 7) is 0.958. The number of aromatic nitrogens is 2. The molecule has 0 radical (unpaired) electrons. The highest BCUT2D eigenvalue weighted by atomic mass is 16.2. The molecular weight excluding hydrogens is 446 g/mol. The highest BCUT2D eigenvalue weighted by Gasteiger charge is 2.27. The van der Waals surface area contributed by atoms with Gasteiger partial charge < -0.3 is 32.4 Å². The van der Waals surface area contributed by atoms with E-state index in [1.165, 1.54) is 0 Å². The van der Waals surface area contributed by atoms with Crippen molar-refractivity contribution in [2.75, 3.05) is 17.2 Å². The van der Waals surface area contributed by atoms with Crippen LogP contribution in [0.4, 0.5) is 11.4 Å². The van der Waals surface area contributed by atoms with Crippen molar-refractivity contribution < 1.29 is 14.4 Å². The van der Waals surface area contributed by atoms with Gasteiger partial charge in [0.05, 0.1) is 0 Å². The molecule has 3 aromatic rings. The Balaban J connectivity index is 1.51. The number of H-pyrrole nitrogens is 1. The van der Waals surface area contributed by atoms with Crippen LogP contribution in [-0.4, -0.2) is 34.2 Å². The van der Waals surface area contributed by atoms with Crippen molar-refractivity contribution in [3.05, 3.63) is 82.8 Å². The number of hydrogen-bond acceptors (Lipinski definition) is 9. The SMILES string of the molecule is NC(=O)c1nc(C(=O)NCc2ccc3c(c2)CN(c2c(N)c(=O)c2=O)CC3)[nH]c(=O)c1C(N)=O. The van der Waals surface area contributed by atoms with Crippen LogP contribution in [0.5, 0.6) is 0 Å². The minimum Gasteiger partial charge on any atom is -0.394 e. The Morgan fingerprint density at radius 1 is 1.06 bits per heavy atom. The molecule has 2 aromatic carbocycles. The summed E-state index contributed by atoms with van der Waals surface area (Å²) in [4.78, 5) is 78.3. The molecule has 4 rings (SSSR count). The number of nitrogens with two attached hydrogens (primary N) is 3. The van der Waals surface area contributed by atoms with Gasteiger partial charge in [0.2, 0.25) is 0 Å². The zero-order chi connectivity index (χ0) is 24.7. The minimum absolute atomic E-state index is 0.0314. The van der Waals surface area contributed by atoms with Crippen LogP contribution in [0.3, 0.4) is 0 Å². The summed E-state index contributed by atoms with van der Waals surface area (Å²) in [7, 11) is 0. The molecule has 0 saturated heterocycles. The number of benzene rings is 1. The maximum atomic E-state index is 12.5. The summed E-state index contributed by atoms with van der Waals surface area (Å²) in [6, 6.07) is 5.54. The smallest absolute Gasteiger partial charge is 0.287 e. The van der Waals surface area contributed by atoms with Crippen molar-refractivity contribution in [2.45, 2.75) is 19.5 Å². The lowest BCUT2D eigenvalue weighted by molar-refractivity contribution is 0.0932. The van der Waals surface area contributed by atoms with E-state index in [1.807, 2.05) is 18.2 Å². The standard InChI is InChI=1S/C21H19N7O6/c22-12-14(16(30)15(12)29)28-4-3-9-2-1-8(5-10(9)7-28)6-25-21(34)19-26-13(18(24)32)11(17(23)31)20(33)27-19/h1-2,5H,3-4,6-7,22H2,(H2,23,31)(H2,24,32)(H,25,34)(H,26,27,33). The van der Waals surface area contributed by atoms with Crippen LogP contribution in [0.2, 0.25) is 0 Å². The molecule has 1 aliphatic heterocycles. The van der Waals surface area contributed by atoms with Gasteiger partial charge in [0.15, 0.2) is 5.82 Å². The second kappa shape index (κ2) is 8.27. The Labute approximate surface area is 190 Å². The van der Waals surface area contributed by atoms with E-state index in [0.29, 0.717) is 25.1 Å². The molecule has 174 valence electrons. The largest absolute Gasteiger partial charge is 0.394 e. The Kier molecular flexibility index (Phi) is 5.45. The summed E-state index contributed by atoms with van der Waals surface area (Å²) in [5.41, 5.74) is 15.0. The van der Waals surface area contributed by atoms with Gasteiger partial charge in [-0.15, -0.1) is 0 Å². The van der Waals surface area contributed by atoms with Gasteiger partial charge in [0.25, 0.3) is 34.1 Å². The van der Waals surface area contributed by atoms with E-state index in [0.717, 1.165) is 11.1 Å². The minimum atomic E-state index is -1.21. The van der Waals surface area contributed by atoms with Crippen LogP contribution in [0.15, 0.2) is 32.6 Å². The van der Waals surface area contributed by atoms with E-state index in [-0.39, 0.29) is 17.9 Å². The van der Waals surface area contributed by atoms with Gasteiger partial charge in [-0.1, -0.05) is 18.2 Å². The van der Waals surface area contributed by atoms with E-state index in [4.69, 9.17) is 17.2 Å². The Morgan fingerprint density at radius 3 is 2.44 bits per heavy atom. The topological polar surface area (TPSA) is 224 Å². The van der Waals surface area contributed by atoms with Gasteiger partial charge in [-0.05, 0) is 23.1 Å². The Bertz CT molecular complexity index is 1500. The van der Waals surface area contributed by atoms with Gasteiger partial charge in [-0.25, -0.2) is 4.98 Å². The number of hydrogen-bond donors (Lipinski definition) is 5. The number of amides is 3. The Hall–Kier alpha value is -4.81. The highest BCUT2D eigenvalue weighted by Crippen LogP contribution is 2.26. The number of nitrogen functional groups attached to an aromatic ring is 1. The Morgan fingerprint density at radius 2 is 1.79 bits per heavy atom. The number of carbonyl (C=O) groups is 3. The number of rotatable bonds is 6. The molecule has 0 saturated carbocycles. The van der Waals surface area contributed by atoms with Crippen molar-refractivity contribution in [1.29, 1.82) is 0 Å². The fourth-order valence-electron chi connectivity index (χ4n) is 3.88. The van der Waals surface area contributed by atoms with Crippen LogP contribution in [0.1, 0.15) is 48.2 Å². The second-order valence-corrected chi connectivity index (χ2v) is 7.74. The molecule has 0 atom stereocenters. The predicted octanol–water partition coefficient (Wildman–Crippen LogP) is -2.36. The van der Waals surface area contributed by atoms with Crippen LogP contribution in [-0.2, 0) is 19.5 Å². The molecule has 13 nitrogen and oxygen atoms in total. The first kappa shape index (κ1) is 22.4. The quantitative estimate of drug-likeness (QED) is 0.245.